The molecule has 0 spiro atoms. The Bertz CT molecular complexity index is 798. The quantitative estimate of drug-likeness (QED) is 0.616. The first-order valence-corrected chi connectivity index (χ1v) is 7.60. The molecule has 0 unspecified atom stereocenters. The second-order valence-electron chi connectivity index (χ2n) is 5.56. The molecule has 0 saturated heterocycles. The minimum atomic E-state index is -0.198. The lowest BCUT2D eigenvalue weighted by Gasteiger charge is -2.13. The molecule has 2 aromatic rings. The van der Waals surface area contributed by atoms with Gasteiger partial charge < -0.3 is 4.90 Å². The van der Waals surface area contributed by atoms with E-state index in [0.717, 1.165) is 11.1 Å². The molecule has 2 rings (SSSR count). The van der Waals surface area contributed by atoms with Gasteiger partial charge in [0.2, 0.25) is 5.91 Å². The predicted octanol–water partition coefficient (Wildman–Crippen LogP) is 4.48. The highest BCUT2D eigenvalue weighted by molar-refractivity contribution is 5.96. The summed E-state index contributed by atoms with van der Waals surface area (Å²) in [5.74, 6) is -0.198. The minimum Gasteiger partial charge on any atom is -0.378 e. The number of rotatable bonds is 4. The summed E-state index contributed by atoms with van der Waals surface area (Å²) in [7, 11) is 4.08. The standard InChI is InChI=1S/C20H22N2O/c1-5-6-16(11-12-21-15(2)23)17-7-8-19-14-20(22(3)4)10-9-18(19)13-17/h5-14H,1-4H3/b6-5-,16-11+,21-12?. The monoisotopic (exact) mass is 306 g/mol. The molecule has 0 saturated carbocycles. The van der Waals surface area contributed by atoms with Crippen molar-refractivity contribution in [1.82, 2.24) is 0 Å². The SMILES string of the molecule is C/C=C\C(=C/C=NC(C)=O)c1ccc2cc(N(C)C)ccc2c1. The number of fused-ring (bicyclic) bond motifs is 1. The summed E-state index contributed by atoms with van der Waals surface area (Å²) in [6, 6.07) is 12.8. The van der Waals surface area contributed by atoms with E-state index < -0.39 is 0 Å². The van der Waals surface area contributed by atoms with E-state index in [2.05, 4.69) is 46.3 Å². The van der Waals surface area contributed by atoms with Crippen molar-refractivity contribution in [3.8, 4) is 0 Å². The number of nitrogens with zero attached hydrogens (tertiary/aromatic N) is 2. The zero-order valence-corrected chi connectivity index (χ0v) is 14.1. The second kappa shape index (κ2) is 7.54. The first kappa shape index (κ1) is 16.7. The van der Waals surface area contributed by atoms with Gasteiger partial charge in [0.05, 0.1) is 0 Å². The molecule has 3 nitrogen and oxygen atoms in total. The van der Waals surface area contributed by atoms with Crippen LogP contribution < -0.4 is 4.90 Å². The lowest BCUT2D eigenvalue weighted by Crippen LogP contribution is -2.07. The largest absolute Gasteiger partial charge is 0.378 e. The van der Waals surface area contributed by atoms with Gasteiger partial charge in [-0.25, -0.2) is 4.99 Å². The summed E-state index contributed by atoms with van der Waals surface area (Å²) < 4.78 is 0. The lowest BCUT2D eigenvalue weighted by atomic mass is 10.00. The molecule has 0 radical (unpaired) electrons. The van der Waals surface area contributed by atoms with Crippen LogP contribution in [0.25, 0.3) is 16.3 Å². The Hall–Kier alpha value is -2.68. The van der Waals surface area contributed by atoms with Crippen molar-refractivity contribution in [2.24, 2.45) is 4.99 Å². The molecule has 0 aromatic heterocycles. The molecular formula is C20H22N2O. The second-order valence-corrected chi connectivity index (χ2v) is 5.56. The number of hydrogen-bond acceptors (Lipinski definition) is 2. The highest BCUT2D eigenvalue weighted by atomic mass is 16.1. The summed E-state index contributed by atoms with van der Waals surface area (Å²) in [6.07, 6.45) is 7.40. The lowest BCUT2D eigenvalue weighted by molar-refractivity contribution is -0.115. The Balaban J connectivity index is 2.44. The summed E-state index contributed by atoms with van der Waals surface area (Å²) >= 11 is 0. The molecule has 23 heavy (non-hydrogen) atoms. The molecular weight excluding hydrogens is 284 g/mol. The zero-order valence-electron chi connectivity index (χ0n) is 14.1. The normalized spacial score (nSPS) is 12.4. The average Bonchev–Trinajstić information content (AvgIpc) is 2.52. The summed E-state index contributed by atoms with van der Waals surface area (Å²) in [5, 5.41) is 2.39. The van der Waals surface area contributed by atoms with Crippen LogP contribution in [-0.4, -0.2) is 26.2 Å². The van der Waals surface area contributed by atoms with E-state index in [1.807, 2.05) is 39.2 Å². The minimum absolute atomic E-state index is 0.198. The van der Waals surface area contributed by atoms with Crippen molar-refractivity contribution in [1.29, 1.82) is 0 Å². The molecule has 0 bridgehead atoms. The van der Waals surface area contributed by atoms with Gasteiger partial charge >= 0.3 is 0 Å². The molecule has 0 aliphatic carbocycles. The van der Waals surface area contributed by atoms with Crippen LogP contribution in [0.4, 0.5) is 5.69 Å². The van der Waals surface area contributed by atoms with Crippen molar-refractivity contribution in [2.75, 3.05) is 19.0 Å². The Kier molecular flexibility index (Phi) is 5.47. The number of anilines is 1. The molecule has 0 fully saturated rings. The van der Waals surface area contributed by atoms with E-state index in [0.29, 0.717) is 0 Å². The van der Waals surface area contributed by atoms with Crippen molar-refractivity contribution in [2.45, 2.75) is 13.8 Å². The van der Waals surface area contributed by atoms with Crippen molar-refractivity contribution >= 4 is 34.2 Å². The third kappa shape index (κ3) is 4.39. The van der Waals surface area contributed by atoms with Crippen molar-refractivity contribution in [3.05, 3.63) is 60.2 Å². The fourth-order valence-electron chi connectivity index (χ4n) is 2.34. The van der Waals surface area contributed by atoms with E-state index in [4.69, 9.17) is 0 Å². The Morgan fingerprint density at radius 2 is 1.78 bits per heavy atom. The van der Waals surface area contributed by atoms with Gasteiger partial charge in [0.1, 0.15) is 0 Å². The molecule has 0 aliphatic rings. The molecule has 0 heterocycles. The van der Waals surface area contributed by atoms with Gasteiger partial charge in [-0.05, 0) is 53.1 Å². The highest BCUT2D eigenvalue weighted by Crippen LogP contribution is 2.25. The summed E-state index contributed by atoms with van der Waals surface area (Å²) in [4.78, 5) is 16.8. The molecule has 118 valence electrons. The zero-order chi connectivity index (χ0) is 16.8. The van der Waals surface area contributed by atoms with Crippen LogP contribution in [-0.2, 0) is 4.79 Å². The number of benzene rings is 2. The summed E-state index contributed by atoms with van der Waals surface area (Å²) in [6.45, 7) is 3.42. The number of carbonyl (C=O) groups excluding carboxylic acids is 1. The third-order valence-electron chi connectivity index (χ3n) is 3.53. The maximum Gasteiger partial charge on any atom is 0.242 e. The van der Waals surface area contributed by atoms with Crippen LogP contribution in [0.3, 0.4) is 0 Å². The van der Waals surface area contributed by atoms with Crippen LogP contribution in [0, 0.1) is 0 Å². The van der Waals surface area contributed by atoms with Gasteiger partial charge in [-0.1, -0.05) is 30.4 Å². The topological polar surface area (TPSA) is 32.7 Å². The van der Waals surface area contributed by atoms with Gasteiger partial charge in [-0.2, -0.15) is 0 Å². The third-order valence-corrected chi connectivity index (χ3v) is 3.53. The van der Waals surface area contributed by atoms with Gasteiger partial charge in [0, 0.05) is 32.9 Å². The molecule has 0 N–H and O–H groups in total. The smallest absolute Gasteiger partial charge is 0.242 e. The van der Waals surface area contributed by atoms with Gasteiger partial charge in [0.15, 0.2) is 0 Å². The Labute approximate surface area is 137 Å². The predicted molar refractivity (Wildman–Crippen MR) is 100 cm³/mol. The maximum atomic E-state index is 10.9. The average molecular weight is 306 g/mol. The van der Waals surface area contributed by atoms with Crippen LogP contribution in [0.2, 0.25) is 0 Å². The number of aliphatic imine (C=N–C) groups is 1. The number of allylic oxidation sites excluding steroid dienone is 4. The van der Waals surface area contributed by atoms with Gasteiger partial charge in [0.25, 0.3) is 0 Å². The van der Waals surface area contributed by atoms with Crippen LogP contribution in [0.1, 0.15) is 19.4 Å². The highest BCUT2D eigenvalue weighted by Gasteiger charge is 2.02. The van der Waals surface area contributed by atoms with Gasteiger partial charge in [-0.3, -0.25) is 4.79 Å². The fraction of sp³-hybridized carbons (Fsp3) is 0.200. The number of carbonyl (C=O) groups is 1. The van der Waals surface area contributed by atoms with Crippen LogP contribution in [0.5, 0.6) is 0 Å². The van der Waals surface area contributed by atoms with E-state index in [1.54, 1.807) is 6.21 Å². The van der Waals surface area contributed by atoms with Crippen LogP contribution in [0.15, 0.2) is 59.6 Å². The molecule has 0 atom stereocenters. The Morgan fingerprint density at radius 1 is 1.09 bits per heavy atom. The van der Waals surface area contributed by atoms with Crippen molar-refractivity contribution < 1.29 is 4.79 Å². The van der Waals surface area contributed by atoms with Crippen LogP contribution >= 0.6 is 0 Å². The van der Waals surface area contributed by atoms with E-state index in [9.17, 15) is 4.79 Å². The van der Waals surface area contributed by atoms with Crippen molar-refractivity contribution in [3.63, 3.8) is 0 Å². The number of amides is 1. The fourth-order valence-corrected chi connectivity index (χ4v) is 2.34. The van der Waals surface area contributed by atoms with E-state index >= 15 is 0 Å². The first-order chi connectivity index (χ1) is 11.0. The Morgan fingerprint density at radius 3 is 2.43 bits per heavy atom. The summed E-state index contributed by atoms with van der Waals surface area (Å²) in [5.41, 5.74) is 3.31. The van der Waals surface area contributed by atoms with Gasteiger partial charge in [-0.15, -0.1) is 0 Å². The first-order valence-electron chi connectivity index (χ1n) is 7.60. The van der Waals surface area contributed by atoms with E-state index in [-0.39, 0.29) is 5.91 Å². The molecule has 0 aliphatic heterocycles. The van der Waals surface area contributed by atoms with E-state index in [1.165, 1.54) is 23.4 Å². The molecule has 2 aromatic carbocycles. The molecule has 3 heteroatoms. The maximum absolute atomic E-state index is 10.9. The number of hydrogen-bond donors (Lipinski definition) is 0. The molecule has 1 amide bonds.